The van der Waals surface area contributed by atoms with Crippen molar-refractivity contribution in [3.8, 4) is 11.3 Å². The summed E-state index contributed by atoms with van der Waals surface area (Å²) in [6.45, 7) is 4.26. The number of aromatic nitrogens is 2. The summed E-state index contributed by atoms with van der Waals surface area (Å²) in [5.41, 5.74) is 4.79. The summed E-state index contributed by atoms with van der Waals surface area (Å²) in [6.07, 6.45) is 2.54. The molecule has 0 bridgehead atoms. The second kappa shape index (κ2) is 3.91. The molecule has 0 saturated heterocycles. The lowest BCUT2D eigenvalue weighted by atomic mass is 10.1. The van der Waals surface area contributed by atoms with Gasteiger partial charge in [0.05, 0.1) is 11.4 Å². The number of nitrogens with zero attached hydrogens (tertiary/aromatic N) is 2. The first kappa shape index (κ1) is 10.4. The van der Waals surface area contributed by atoms with E-state index in [4.69, 9.17) is 0 Å². The summed E-state index contributed by atoms with van der Waals surface area (Å²) in [6, 6.07) is 10.6. The maximum absolute atomic E-state index is 4.60. The molecule has 2 aromatic rings. The molecule has 0 spiro atoms. The normalized spacial score (nSPS) is 17.2. The van der Waals surface area contributed by atoms with E-state index < -0.39 is 0 Å². The summed E-state index contributed by atoms with van der Waals surface area (Å²) in [7, 11) is 0. The minimum Gasteiger partial charge on any atom is -0.363 e. The van der Waals surface area contributed by atoms with Crippen molar-refractivity contribution in [2.45, 2.75) is 32.9 Å². The van der Waals surface area contributed by atoms with E-state index in [1.807, 2.05) is 0 Å². The first-order chi connectivity index (χ1) is 8.29. The number of hydrogen-bond acceptors (Lipinski definition) is 2. The first-order valence-electron chi connectivity index (χ1n) is 6.21. The average molecular weight is 227 g/mol. The largest absolute Gasteiger partial charge is 0.363 e. The zero-order chi connectivity index (χ0) is 11.8. The van der Waals surface area contributed by atoms with Crippen molar-refractivity contribution >= 4 is 5.69 Å². The number of nitrogens with one attached hydrogen (secondary N) is 1. The molecule has 3 heteroatoms. The number of anilines is 1. The molecule has 0 radical (unpaired) electrons. The van der Waals surface area contributed by atoms with Crippen molar-refractivity contribution in [1.82, 2.24) is 9.78 Å². The van der Waals surface area contributed by atoms with Gasteiger partial charge in [-0.1, -0.05) is 31.5 Å². The Balaban J connectivity index is 2.15. The Morgan fingerprint density at radius 2 is 2.18 bits per heavy atom. The van der Waals surface area contributed by atoms with Crippen molar-refractivity contribution in [3.05, 3.63) is 36.0 Å². The number of rotatable bonds is 2. The van der Waals surface area contributed by atoms with Crippen LogP contribution >= 0.6 is 0 Å². The maximum Gasteiger partial charge on any atom is 0.121 e. The lowest BCUT2D eigenvalue weighted by molar-refractivity contribution is 0.464. The van der Waals surface area contributed by atoms with Gasteiger partial charge < -0.3 is 5.32 Å². The van der Waals surface area contributed by atoms with E-state index >= 15 is 0 Å². The van der Waals surface area contributed by atoms with Crippen LogP contribution in [-0.2, 0) is 0 Å². The third-order valence-electron chi connectivity index (χ3n) is 3.24. The smallest absolute Gasteiger partial charge is 0.121 e. The highest BCUT2D eigenvalue weighted by Gasteiger charge is 2.23. The van der Waals surface area contributed by atoms with Gasteiger partial charge in [-0.25, -0.2) is 4.68 Å². The number of aryl methyl sites for hydroxylation is 1. The highest BCUT2D eigenvalue weighted by atomic mass is 15.4. The quantitative estimate of drug-likeness (QED) is 0.849. The number of para-hydroxylation sites is 1. The Morgan fingerprint density at radius 1 is 1.35 bits per heavy atom. The van der Waals surface area contributed by atoms with Gasteiger partial charge in [0, 0.05) is 11.3 Å². The van der Waals surface area contributed by atoms with Crippen molar-refractivity contribution < 1.29 is 0 Å². The Kier molecular flexibility index (Phi) is 2.39. The molecule has 1 aliphatic heterocycles. The second-order valence-corrected chi connectivity index (χ2v) is 4.61. The van der Waals surface area contributed by atoms with Gasteiger partial charge in [0.25, 0.3) is 0 Å². The van der Waals surface area contributed by atoms with Crippen LogP contribution in [0.1, 0.15) is 31.6 Å². The molecule has 1 atom stereocenters. The minimum atomic E-state index is 0.290. The fourth-order valence-electron chi connectivity index (χ4n) is 2.50. The van der Waals surface area contributed by atoms with E-state index in [1.165, 1.54) is 16.9 Å². The van der Waals surface area contributed by atoms with E-state index in [0.717, 1.165) is 18.5 Å². The summed E-state index contributed by atoms with van der Waals surface area (Å²) in [5, 5.41) is 8.17. The van der Waals surface area contributed by atoms with Gasteiger partial charge in [0.1, 0.15) is 6.17 Å². The molecule has 1 aromatic carbocycles. The topological polar surface area (TPSA) is 29.9 Å². The Hall–Kier alpha value is -1.77. The molecule has 0 aliphatic carbocycles. The minimum absolute atomic E-state index is 0.290. The third kappa shape index (κ3) is 1.62. The van der Waals surface area contributed by atoms with E-state index in [-0.39, 0.29) is 0 Å². The van der Waals surface area contributed by atoms with Gasteiger partial charge in [0.15, 0.2) is 0 Å². The lowest BCUT2D eigenvalue weighted by Crippen LogP contribution is -2.24. The third-order valence-corrected chi connectivity index (χ3v) is 3.24. The highest BCUT2D eigenvalue weighted by molar-refractivity contribution is 5.78. The van der Waals surface area contributed by atoms with Crippen LogP contribution in [0.2, 0.25) is 0 Å². The number of fused-ring (bicyclic) bond motifs is 3. The van der Waals surface area contributed by atoms with Crippen molar-refractivity contribution in [3.63, 3.8) is 0 Å². The highest BCUT2D eigenvalue weighted by Crippen LogP contribution is 2.37. The Bertz CT molecular complexity index is 542. The SMILES string of the molecule is CCCC1Nc2ccccc2-c2cc(C)nn21. The lowest BCUT2D eigenvalue weighted by Gasteiger charge is -2.28. The molecule has 1 N–H and O–H groups in total. The van der Waals surface area contributed by atoms with Gasteiger partial charge in [0.2, 0.25) is 0 Å². The molecular weight excluding hydrogens is 210 g/mol. The molecule has 0 fully saturated rings. The monoisotopic (exact) mass is 227 g/mol. The van der Waals surface area contributed by atoms with Crippen LogP contribution in [0.5, 0.6) is 0 Å². The number of hydrogen-bond donors (Lipinski definition) is 1. The average Bonchev–Trinajstić information content (AvgIpc) is 2.72. The standard InChI is InChI=1S/C14H17N3/c1-3-6-14-15-12-8-5-4-7-11(12)13-9-10(2)16-17(13)14/h4-5,7-9,14-15H,3,6H2,1-2H3. The van der Waals surface area contributed by atoms with Crippen LogP contribution in [0.15, 0.2) is 30.3 Å². The van der Waals surface area contributed by atoms with Crippen LogP contribution in [0.3, 0.4) is 0 Å². The van der Waals surface area contributed by atoms with Crippen molar-refractivity contribution in [2.24, 2.45) is 0 Å². The molecule has 2 heterocycles. The first-order valence-corrected chi connectivity index (χ1v) is 6.21. The van der Waals surface area contributed by atoms with Crippen LogP contribution in [0.25, 0.3) is 11.3 Å². The maximum atomic E-state index is 4.60. The molecule has 1 aliphatic rings. The van der Waals surface area contributed by atoms with Crippen LogP contribution < -0.4 is 5.32 Å². The predicted molar refractivity (Wildman–Crippen MR) is 70.0 cm³/mol. The van der Waals surface area contributed by atoms with E-state index in [0.29, 0.717) is 6.17 Å². The van der Waals surface area contributed by atoms with Gasteiger partial charge >= 0.3 is 0 Å². The van der Waals surface area contributed by atoms with Crippen LogP contribution in [-0.4, -0.2) is 9.78 Å². The Morgan fingerprint density at radius 3 is 3.00 bits per heavy atom. The Labute approximate surface area is 101 Å². The second-order valence-electron chi connectivity index (χ2n) is 4.61. The molecule has 88 valence electrons. The molecule has 3 nitrogen and oxygen atoms in total. The van der Waals surface area contributed by atoms with Gasteiger partial charge in [-0.2, -0.15) is 5.10 Å². The zero-order valence-corrected chi connectivity index (χ0v) is 10.3. The summed E-state index contributed by atoms with van der Waals surface area (Å²) >= 11 is 0. The van der Waals surface area contributed by atoms with Gasteiger partial charge in [-0.3, -0.25) is 0 Å². The molecule has 1 unspecified atom stereocenters. The van der Waals surface area contributed by atoms with E-state index in [1.54, 1.807) is 0 Å². The van der Waals surface area contributed by atoms with E-state index in [2.05, 4.69) is 59.3 Å². The van der Waals surface area contributed by atoms with Crippen LogP contribution in [0, 0.1) is 6.92 Å². The fourth-order valence-corrected chi connectivity index (χ4v) is 2.50. The predicted octanol–water partition coefficient (Wildman–Crippen LogP) is 3.58. The van der Waals surface area contributed by atoms with Crippen LogP contribution in [0.4, 0.5) is 5.69 Å². The van der Waals surface area contributed by atoms with Crippen molar-refractivity contribution in [1.29, 1.82) is 0 Å². The molecule has 3 rings (SSSR count). The van der Waals surface area contributed by atoms with E-state index in [9.17, 15) is 0 Å². The molecule has 1 aromatic heterocycles. The molecule has 0 saturated carbocycles. The molecule has 0 amide bonds. The molecule has 17 heavy (non-hydrogen) atoms. The summed E-state index contributed by atoms with van der Waals surface area (Å²) in [5.74, 6) is 0. The van der Waals surface area contributed by atoms with Crippen molar-refractivity contribution in [2.75, 3.05) is 5.32 Å². The summed E-state index contributed by atoms with van der Waals surface area (Å²) < 4.78 is 2.13. The van der Waals surface area contributed by atoms with Gasteiger partial charge in [-0.05, 0) is 25.5 Å². The molecular formula is C14H17N3. The number of benzene rings is 1. The fraction of sp³-hybridized carbons (Fsp3) is 0.357. The summed E-state index contributed by atoms with van der Waals surface area (Å²) in [4.78, 5) is 0. The zero-order valence-electron chi connectivity index (χ0n) is 10.3. The van der Waals surface area contributed by atoms with Gasteiger partial charge in [-0.15, -0.1) is 0 Å².